The van der Waals surface area contributed by atoms with Crippen LogP contribution >= 0.6 is 0 Å². The first-order valence-electron chi connectivity index (χ1n) is 7.84. The number of unbranched alkanes of at least 4 members (excludes halogenated alkanes) is 5. The van der Waals surface area contributed by atoms with E-state index in [9.17, 15) is 0 Å². The van der Waals surface area contributed by atoms with Crippen LogP contribution in [0.25, 0.3) is 0 Å². The Bertz CT molecular complexity index is 344. The van der Waals surface area contributed by atoms with Crippen LogP contribution in [0.4, 0.5) is 0 Å². The second kappa shape index (κ2) is 9.13. The summed E-state index contributed by atoms with van der Waals surface area (Å²) in [6.07, 6.45) is 10.6. The summed E-state index contributed by atoms with van der Waals surface area (Å²) < 4.78 is 2.01. The zero-order valence-electron chi connectivity index (χ0n) is 13.2. The first-order chi connectivity index (χ1) is 9.17. The SMILES string of the molecule is CCCCCCCCC(Cc1cc(C)nn1C)NC. The molecule has 0 aromatic carbocycles. The summed E-state index contributed by atoms with van der Waals surface area (Å²) in [4.78, 5) is 0. The fraction of sp³-hybridized carbons (Fsp3) is 0.812. The largest absolute Gasteiger partial charge is 0.317 e. The van der Waals surface area contributed by atoms with Crippen molar-refractivity contribution < 1.29 is 0 Å². The quantitative estimate of drug-likeness (QED) is 0.655. The number of nitrogens with zero attached hydrogens (tertiary/aromatic N) is 2. The van der Waals surface area contributed by atoms with Gasteiger partial charge in [0.05, 0.1) is 5.69 Å². The molecule has 0 saturated heterocycles. The third-order valence-electron chi connectivity index (χ3n) is 3.87. The Balaban J connectivity index is 2.24. The number of aryl methyl sites for hydroxylation is 2. The molecule has 0 aliphatic heterocycles. The molecule has 19 heavy (non-hydrogen) atoms. The second-order valence-electron chi connectivity index (χ2n) is 5.65. The Hall–Kier alpha value is -0.830. The first kappa shape index (κ1) is 16.2. The van der Waals surface area contributed by atoms with Crippen molar-refractivity contribution in [2.75, 3.05) is 7.05 Å². The van der Waals surface area contributed by atoms with Gasteiger partial charge in [-0.25, -0.2) is 0 Å². The lowest BCUT2D eigenvalue weighted by Crippen LogP contribution is -2.28. The van der Waals surface area contributed by atoms with Crippen LogP contribution in [-0.4, -0.2) is 22.9 Å². The van der Waals surface area contributed by atoms with Gasteiger partial charge in [-0.15, -0.1) is 0 Å². The highest BCUT2D eigenvalue weighted by Crippen LogP contribution is 2.12. The second-order valence-corrected chi connectivity index (χ2v) is 5.65. The van der Waals surface area contributed by atoms with Gasteiger partial charge in [0.25, 0.3) is 0 Å². The van der Waals surface area contributed by atoms with Gasteiger partial charge in [-0.2, -0.15) is 5.10 Å². The fourth-order valence-electron chi connectivity index (χ4n) is 2.63. The monoisotopic (exact) mass is 265 g/mol. The molecule has 1 atom stereocenters. The molecule has 0 aliphatic carbocycles. The third kappa shape index (κ3) is 6.24. The zero-order chi connectivity index (χ0) is 14.1. The lowest BCUT2D eigenvalue weighted by molar-refractivity contribution is 0.469. The summed E-state index contributed by atoms with van der Waals surface area (Å²) in [5.41, 5.74) is 2.45. The van der Waals surface area contributed by atoms with Crippen LogP contribution < -0.4 is 5.32 Å². The Labute approximate surface area is 118 Å². The molecule has 1 heterocycles. The van der Waals surface area contributed by atoms with E-state index < -0.39 is 0 Å². The minimum Gasteiger partial charge on any atom is -0.317 e. The summed E-state index contributed by atoms with van der Waals surface area (Å²) in [7, 11) is 4.12. The van der Waals surface area contributed by atoms with Crippen LogP contribution in [0.5, 0.6) is 0 Å². The Morgan fingerprint density at radius 3 is 2.47 bits per heavy atom. The van der Waals surface area contributed by atoms with Crippen molar-refractivity contribution in [2.24, 2.45) is 7.05 Å². The highest BCUT2D eigenvalue weighted by Gasteiger charge is 2.10. The van der Waals surface area contributed by atoms with E-state index >= 15 is 0 Å². The van der Waals surface area contributed by atoms with Crippen LogP contribution in [0.1, 0.15) is 63.3 Å². The first-order valence-corrected chi connectivity index (χ1v) is 7.84. The molecule has 1 N–H and O–H groups in total. The van der Waals surface area contributed by atoms with E-state index in [-0.39, 0.29) is 0 Å². The molecule has 1 unspecified atom stereocenters. The molecule has 0 radical (unpaired) electrons. The van der Waals surface area contributed by atoms with Crippen molar-refractivity contribution >= 4 is 0 Å². The van der Waals surface area contributed by atoms with Crippen LogP contribution in [0.2, 0.25) is 0 Å². The standard InChI is InChI=1S/C16H31N3/c1-5-6-7-8-9-10-11-15(17-3)13-16-12-14(2)18-19(16)4/h12,15,17H,5-11,13H2,1-4H3. The van der Waals surface area contributed by atoms with Gasteiger partial charge in [-0.1, -0.05) is 45.4 Å². The van der Waals surface area contributed by atoms with Crippen molar-refractivity contribution in [3.05, 3.63) is 17.5 Å². The van der Waals surface area contributed by atoms with E-state index in [2.05, 4.69) is 37.4 Å². The molecule has 1 aromatic heterocycles. The summed E-state index contributed by atoms with van der Waals surface area (Å²) in [5.74, 6) is 0. The van der Waals surface area contributed by atoms with Gasteiger partial charge in [0, 0.05) is 25.2 Å². The molecule has 1 rings (SSSR count). The van der Waals surface area contributed by atoms with Crippen molar-refractivity contribution in [1.29, 1.82) is 0 Å². The average Bonchev–Trinajstić information content (AvgIpc) is 2.70. The maximum absolute atomic E-state index is 4.42. The molecule has 0 bridgehead atoms. The summed E-state index contributed by atoms with van der Waals surface area (Å²) in [5, 5.41) is 7.87. The molecule has 0 amide bonds. The van der Waals surface area contributed by atoms with Crippen molar-refractivity contribution in [3.63, 3.8) is 0 Å². The predicted molar refractivity (Wildman–Crippen MR) is 82.5 cm³/mol. The molecular formula is C16H31N3. The predicted octanol–water partition coefficient (Wildman–Crippen LogP) is 3.61. The Morgan fingerprint density at radius 1 is 1.21 bits per heavy atom. The maximum Gasteiger partial charge on any atom is 0.0596 e. The molecule has 1 aromatic rings. The Morgan fingerprint density at radius 2 is 1.89 bits per heavy atom. The maximum atomic E-state index is 4.42. The van der Waals surface area contributed by atoms with Gasteiger partial charge in [0.15, 0.2) is 0 Å². The van der Waals surface area contributed by atoms with Crippen LogP contribution in [0, 0.1) is 6.92 Å². The lowest BCUT2D eigenvalue weighted by atomic mass is 10.0. The van der Waals surface area contributed by atoms with Gasteiger partial charge >= 0.3 is 0 Å². The lowest BCUT2D eigenvalue weighted by Gasteiger charge is -2.16. The van der Waals surface area contributed by atoms with Crippen LogP contribution in [-0.2, 0) is 13.5 Å². The molecule has 0 spiro atoms. The van der Waals surface area contributed by atoms with Crippen LogP contribution in [0.15, 0.2) is 6.07 Å². The summed E-state index contributed by atoms with van der Waals surface area (Å²) >= 11 is 0. The number of rotatable bonds is 10. The highest BCUT2D eigenvalue weighted by atomic mass is 15.3. The molecule has 3 heteroatoms. The third-order valence-corrected chi connectivity index (χ3v) is 3.87. The molecular weight excluding hydrogens is 234 g/mol. The van der Waals surface area contributed by atoms with E-state index in [4.69, 9.17) is 0 Å². The molecule has 0 aliphatic rings. The van der Waals surface area contributed by atoms with Crippen molar-refractivity contribution in [2.45, 2.75) is 71.3 Å². The molecule has 3 nitrogen and oxygen atoms in total. The molecule has 0 saturated carbocycles. The van der Waals surface area contributed by atoms with Crippen molar-refractivity contribution in [3.8, 4) is 0 Å². The van der Waals surface area contributed by atoms with E-state index in [1.807, 2.05) is 11.7 Å². The van der Waals surface area contributed by atoms with E-state index in [1.54, 1.807) is 0 Å². The topological polar surface area (TPSA) is 29.9 Å². The van der Waals surface area contributed by atoms with Gasteiger partial charge in [0.1, 0.15) is 0 Å². The summed E-state index contributed by atoms with van der Waals surface area (Å²) in [6, 6.07) is 2.78. The minimum absolute atomic E-state index is 0.584. The van der Waals surface area contributed by atoms with Gasteiger partial charge in [-0.05, 0) is 26.5 Å². The number of nitrogens with one attached hydrogen (secondary N) is 1. The Kier molecular flexibility index (Phi) is 7.80. The number of hydrogen-bond acceptors (Lipinski definition) is 2. The molecule has 0 fully saturated rings. The number of hydrogen-bond donors (Lipinski definition) is 1. The average molecular weight is 265 g/mol. The van der Waals surface area contributed by atoms with E-state index in [0.29, 0.717) is 6.04 Å². The zero-order valence-corrected chi connectivity index (χ0v) is 13.2. The van der Waals surface area contributed by atoms with Gasteiger partial charge < -0.3 is 5.32 Å². The van der Waals surface area contributed by atoms with Gasteiger partial charge in [-0.3, -0.25) is 4.68 Å². The smallest absolute Gasteiger partial charge is 0.0596 e. The number of likely N-dealkylation sites (N-methyl/N-ethyl adjacent to an activating group) is 1. The minimum atomic E-state index is 0.584. The van der Waals surface area contributed by atoms with Crippen LogP contribution in [0.3, 0.4) is 0 Å². The van der Waals surface area contributed by atoms with Gasteiger partial charge in [0.2, 0.25) is 0 Å². The normalized spacial score (nSPS) is 12.8. The summed E-state index contributed by atoms with van der Waals surface area (Å²) in [6.45, 7) is 4.33. The van der Waals surface area contributed by atoms with Crippen molar-refractivity contribution in [1.82, 2.24) is 15.1 Å². The molecule has 110 valence electrons. The van der Waals surface area contributed by atoms with E-state index in [0.717, 1.165) is 12.1 Å². The fourth-order valence-corrected chi connectivity index (χ4v) is 2.63. The number of aromatic nitrogens is 2. The van der Waals surface area contributed by atoms with E-state index in [1.165, 1.54) is 50.6 Å². The highest BCUT2D eigenvalue weighted by molar-refractivity contribution is 5.09.